The SMILES string of the molecule is CC1CC(=Cc2cccc(Cl)c2Cl)C(=O)C(=Cc2cccc(Cl)c2Cl)C1. The van der Waals surface area contributed by atoms with Crippen LogP contribution in [0.2, 0.25) is 20.1 Å². The molecule has 0 atom stereocenters. The largest absolute Gasteiger partial charge is 0.289 e. The first-order chi connectivity index (χ1) is 12.4. The number of rotatable bonds is 2. The summed E-state index contributed by atoms with van der Waals surface area (Å²) < 4.78 is 0. The number of hydrogen-bond donors (Lipinski definition) is 0. The average Bonchev–Trinajstić information content (AvgIpc) is 2.60. The summed E-state index contributed by atoms with van der Waals surface area (Å²) in [6, 6.07) is 10.8. The molecule has 1 aliphatic carbocycles. The fourth-order valence-corrected chi connectivity index (χ4v) is 3.83. The summed E-state index contributed by atoms with van der Waals surface area (Å²) in [4.78, 5) is 13.0. The van der Waals surface area contributed by atoms with Crippen LogP contribution in [-0.4, -0.2) is 5.78 Å². The lowest BCUT2D eigenvalue weighted by Gasteiger charge is -2.23. The fraction of sp³-hybridized carbons (Fsp3) is 0.190. The van der Waals surface area contributed by atoms with Crippen molar-refractivity contribution < 1.29 is 4.79 Å². The Kier molecular flexibility index (Phi) is 6.14. The highest BCUT2D eigenvalue weighted by Gasteiger charge is 2.26. The lowest BCUT2D eigenvalue weighted by Crippen LogP contribution is -2.18. The van der Waals surface area contributed by atoms with Gasteiger partial charge in [-0.15, -0.1) is 0 Å². The first-order valence-electron chi connectivity index (χ1n) is 8.20. The molecule has 0 unspecified atom stereocenters. The van der Waals surface area contributed by atoms with Crippen LogP contribution in [0.25, 0.3) is 12.2 Å². The third-order valence-corrected chi connectivity index (χ3v) is 6.01. The summed E-state index contributed by atoms with van der Waals surface area (Å²) in [5.74, 6) is 0.344. The van der Waals surface area contributed by atoms with Gasteiger partial charge in [-0.2, -0.15) is 0 Å². The Hall–Kier alpha value is -1.25. The van der Waals surface area contributed by atoms with Crippen LogP contribution < -0.4 is 0 Å². The highest BCUT2D eigenvalue weighted by Crippen LogP contribution is 2.35. The van der Waals surface area contributed by atoms with Gasteiger partial charge in [0.15, 0.2) is 5.78 Å². The summed E-state index contributed by atoms with van der Waals surface area (Å²) in [6.07, 6.45) is 5.06. The molecule has 2 aromatic rings. The Bertz CT molecular complexity index is 854. The molecule has 134 valence electrons. The van der Waals surface area contributed by atoms with Crippen molar-refractivity contribution in [3.8, 4) is 0 Å². The number of Topliss-reactive ketones (excluding diaryl/α,β-unsaturated/α-hetero) is 1. The normalized spacial score (nSPS) is 20.8. The number of allylic oxidation sites excluding steroid dienone is 2. The first kappa shape index (κ1) is 19.5. The number of hydrogen-bond acceptors (Lipinski definition) is 1. The highest BCUT2D eigenvalue weighted by molar-refractivity contribution is 6.43. The van der Waals surface area contributed by atoms with Crippen molar-refractivity contribution >= 4 is 64.3 Å². The molecular formula is C21H16Cl4O. The van der Waals surface area contributed by atoms with E-state index in [1.807, 2.05) is 36.4 Å². The van der Waals surface area contributed by atoms with E-state index in [1.54, 1.807) is 12.1 Å². The van der Waals surface area contributed by atoms with Crippen molar-refractivity contribution in [1.82, 2.24) is 0 Å². The van der Waals surface area contributed by atoms with Gasteiger partial charge in [0.05, 0.1) is 20.1 Å². The predicted octanol–water partition coefficient (Wildman–Crippen LogP) is 7.77. The van der Waals surface area contributed by atoms with Gasteiger partial charge in [0, 0.05) is 11.1 Å². The second kappa shape index (κ2) is 8.19. The lowest BCUT2D eigenvalue weighted by atomic mass is 9.81. The van der Waals surface area contributed by atoms with Crippen molar-refractivity contribution in [2.45, 2.75) is 19.8 Å². The third-order valence-electron chi connectivity index (χ3n) is 4.34. The van der Waals surface area contributed by atoms with Gasteiger partial charge in [-0.25, -0.2) is 0 Å². The van der Waals surface area contributed by atoms with Crippen LogP contribution in [0, 0.1) is 5.92 Å². The molecule has 0 spiro atoms. The maximum Gasteiger partial charge on any atom is 0.185 e. The molecule has 0 heterocycles. The van der Waals surface area contributed by atoms with Crippen LogP contribution in [0.4, 0.5) is 0 Å². The third kappa shape index (κ3) is 4.18. The molecule has 26 heavy (non-hydrogen) atoms. The van der Waals surface area contributed by atoms with E-state index in [1.165, 1.54) is 0 Å². The Morgan fingerprint density at radius 1 is 0.808 bits per heavy atom. The van der Waals surface area contributed by atoms with Gasteiger partial charge in [0.25, 0.3) is 0 Å². The van der Waals surface area contributed by atoms with Gasteiger partial charge >= 0.3 is 0 Å². The van der Waals surface area contributed by atoms with E-state index in [-0.39, 0.29) is 5.78 Å². The molecule has 1 fully saturated rings. The van der Waals surface area contributed by atoms with Gasteiger partial charge in [-0.1, -0.05) is 77.6 Å². The van der Waals surface area contributed by atoms with Crippen molar-refractivity contribution in [3.05, 3.63) is 78.8 Å². The second-order valence-corrected chi connectivity index (χ2v) is 8.04. The molecule has 0 N–H and O–H groups in total. The molecule has 1 aliphatic rings. The maximum absolute atomic E-state index is 13.0. The Balaban J connectivity index is 2.01. The van der Waals surface area contributed by atoms with Crippen molar-refractivity contribution in [1.29, 1.82) is 0 Å². The van der Waals surface area contributed by atoms with Crippen LogP contribution >= 0.6 is 46.4 Å². The molecule has 0 radical (unpaired) electrons. The summed E-state index contributed by atoms with van der Waals surface area (Å²) in [5, 5.41) is 1.85. The van der Waals surface area contributed by atoms with Gasteiger partial charge in [-0.3, -0.25) is 4.79 Å². The molecule has 0 amide bonds. The van der Waals surface area contributed by atoms with Crippen LogP contribution in [0.15, 0.2) is 47.5 Å². The topological polar surface area (TPSA) is 17.1 Å². The Morgan fingerprint density at radius 2 is 1.23 bits per heavy atom. The molecule has 0 aromatic heterocycles. The molecular weight excluding hydrogens is 410 g/mol. The number of carbonyl (C=O) groups excluding carboxylic acids is 1. The molecule has 0 bridgehead atoms. The van der Waals surface area contributed by atoms with E-state index in [4.69, 9.17) is 46.4 Å². The van der Waals surface area contributed by atoms with Crippen LogP contribution in [0.1, 0.15) is 30.9 Å². The molecule has 1 saturated carbocycles. The van der Waals surface area contributed by atoms with Crippen molar-refractivity contribution in [3.63, 3.8) is 0 Å². The molecule has 0 aliphatic heterocycles. The van der Waals surface area contributed by atoms with Gasteiger partial charge in [-0.05, 0) is 54.2 Å². The summed E-state index contributed by atoms with van der Waals surface area (Å²) in [7, 11) is 0. The standard InChI is InChI=1S/C21H16Cl4O/c1-12-8-15(10-13-4-2-6-17(22)19(13)24)21(26)16(9-12)11-14-5-3-7-18(23)20(14)25/h2-7,10-12H,8-9H2,1H3. The minimum atomic E-state index is 0.00943. The molecule has 0 saturated heterocycles. The molecule has 1 nitrogen and oxygen atoms in total. The zero-order valence-electron chi connectivity index (χ0n) is 14.0. The number of carbonyl (C=O) groups is 1. The zero-order valence-corrected chi connectivity index (χ0v) is 17.1. The zero-order chi connectivity index (χ0) is 18.8. The van der Waals surface area contributed by atoms with E-state index >= 15 is 0 Å². The van der Waals surface area contributed by atoms with Crippen LogP contribution in [0.3, 0.4) is 0 Å². The first-order valence-corrected chi connectivity index (χ1v) is 9.72. The number of benzene rings is 2. The monoisotopic (exact) mass is 424 g/mol. The summed E-state index contributed by atoms with van der Waals surface area (Å²) in [5.41, 5.74) is 2.93. The van der Waals surface area contributed by atoms with Crippen molar-refractivity contribution in [2.75, 3.05) is 0 Å². The Labute approximate surface area is 173 Å². The quantitative estimate of drug-likeness (QED) is 0.449. The van der Waals surface area contributed by atoms with E-state index in [2.05, 4.69) is 6.92 Å². The van der Waals surface area contributed by atoms with E-state index in [0.29, 0.717) is 38.9 Å². The van der Waals surface area contributed by atoms with Crippen LogP contribution in [-0.2, 0) is 4.79 Å². The maximum atomic E-state index is 13.0. The van der Waals surface area contributed by atoms with Gasteiger partial charge < -0.3 is 0 Å². The van der Waals surface area contributed by atoms with E-state index < -0.39 is 0 Å². The molecule has 5 heteroatoms. The Morgan fingerprint density at radius 3 is 1.65 bits per heavy atom. The highest BCUT2D eigenvalue weighted by atomic mass is 35.5. The average molecular weight is 426 g/mol. The predicted molar refractivity (Wildman–Crippen MR) is 112 cm³/mol. The van der Waals surface area contributed by atoms with E-state index in [9.17, 15) is 4.79 Å². The smallest absolute Gasteiger partial charge is 0.185 e. The molecule has 3 rings (SSSR count). The van der Waals surface area contributed by atoms with Crippen molar-refractivity contribution in [2.24, 2.45) is 5.92 Å². The number of halogens is 4. The molecule has 2 aromatic carbocycles. The lowest BCUT2D eigenvalue weighted by molar-refractivity contribution is -0.113. The van der Waals surface area contributed by atoms with Crippen LogP contribution in [0.5, 0.6) is 0 Å². The van der Waals surface area contributed by atoms with E-state index in [0.717, 1.165) is 22.3 Å². The summed E-state index contributed by atoms with van der Waals surface area (Å²) in [6.45, 7) is 2.12. The minimum Gasteiger partial charge on any atom is -0.289 e. The summed E-state index contributed by atoms with van der Waals surface area (Å²) >= 11 is 24.7. The second-order valence-electron chi connectivity index (χ2n) is 6.47. The van der Waals surface area contributed by atoms with Gasteiger partial charge in [0.1, 0.15) is 0 Å². The fourth-order valence-electron chi connectivity index (χ4n) is 3.10. The minimum absolute atomic E-state index is 0.00943. The van der Waals surface area contributed by atoms with Gasteiger partial charge in [0.2, 0.25) is 0 Å². The number of ketones is 1.